The molecular weight excluding hydrogens is 224 g/mol. The second-order valence-electron chi connectivity index (χ2n) is 3.23. The van der Waals surface area contributed by atoms with Gasteiger partial charge >= 0.3 is 5.97 Å². The van der Waals surface area contributed by atoms with E-state index in [9.17, 15) is 14.7 Å². The maximum absolute atomic E-state index is 11.6. The van der Waals surface area contributed by atoms with Gasteiger partial charge in [0.2, 0.25) is 0 Å². The maximum atomic E-state index is 11.6. The van der Waals surface area contributed by atoms with E-state index in [2.05, 4.69) is 10.1 Å². The fourth-order valence-corrected chi connectivity index (χ4v) is 1.20. The van der Waals surface area contributed by atoms with Crippen LogP contribution in [0, 0.1) is 0 Å². The second kappa shape index (κ2) is 5.74. The van der Waals surface area contributed by atoms with Crippen LogP contribution in [0.1, 0.15) is 17.3 Å². The number of hydrogen-bond donors (Lipinski definition) is 3. The van der Waals surface area contributed by atoms with Gasteiger partial charge < -0.3 is 20.9 Å². The summed E-state index contributed by atoms with van der Waals surface area (Å²) in [6, 6.07) is 4.41. The van der Waals surface area contributed by atoms with Gasteiger partial charge in [-0.1, -0.05) is 6.07 Å². The van der Waals surface area contributed by atoms with E-state index in [4.69, 9.17) is 5.73 Å². The van der Waals surface area contributed by atoms with Crippen molar-refractivity contribution in [2.24, 2.45) is 0 Å². The molecule has 1 aromatic carbocycles. The molecule has 92 valence electrons. The summed E-state index contributed by atoms with van der Waals surface area (Å²) in [6.07, 6.45) is 0. The molecule has 1 amide bonds. The molecule has 0 heterocycles. The van der Waals surface area contributed by atoms with Crippen molar-refractivity contribution in [1.82, 2.24) is 5.32 Å². The Bertz CT molecular complexity index is 431. The number of ether oxygens (including phenoxy) is 1. The van der Waals surface area contributed by atoms with Crippen LogP contribution >= 0.6 is 0 Å². The number of nitrogens with two attached hydrogens (primary N) is 1. The van der Waals surface area contributed by atoms with Gasteiger partial charge in [-0.2, -0.15) is 0 Å². The van der Waals surface area contributed by atoms with Crippen molar-refractivity contribution in [3.05, 3.63) is 23.8 Å². The lowest BCUT2D eigenvalue weighted by atomic mass is 10.1. The van der Waals surface area contributed by atoms with Gasteiger partial charge in [-0.05, 0) is 19.1 Å². The Morgan fingerprint density at radius 1 is 1.47 bits per heavy atom. The SMILES string of the molecule is CCOC(=O)CNC(=O)c1cccc(N)c1O. The topological polar surface area (TPSA) is 102 Å². The molecule has 0 aliphatic carbocycles. The summed E-state index contributed by atoms with van der Waals surface area (Å²) in [4.78, 5) is 22.6. The minimum atomic E-state index is -0.581. The first-order valence-corrected chi connectivity index (χ1v) is 5.07. The van der Waals surface area contributed by atoms with Gasteiger partial charge in [0.1, 0.15) is 6.54 Å². The Hall–Kier alpha value is -2.24. The third kappa shape index (κ3) is 3.37. The molecule has 0 bridgehead atoms. The van der Waals surface area contributed by atoms with E-state index in [0.717, 1.165) is 0 Å². The number of phenolic OH excluding ortho intramolecular Hbond substituents is 1. The highest BCUT2D eigenvalue weighted by atomic mass is 16.5. The van der Waals surface area contributed by atoms with Crippen LogP contribution in [0.3, 0.4) is 0 Å². The molecule has 0 saturated carbocycles. The van der Waals surface area contributed by atoms with E-state index in [1.54, 1.807) is 6.92 Å². The number of carbonyl (C=O) groups is 2. The van der Waals surface area contributed by atoms with Crippen LogP contribution in [0.15, 0.2) is 18.2 Å². The first-order valence-electron chi connectivity index (χ1n) is 5.07. The maximum Gasteiger partial charge on any atom is 0.325 e. The summed E-state index contributed by atoms with van der Waals surface area (Å²) >= 11 is 0. The number of anilines is 1. The lowest BCUT2D eigenvalue weighted by molar-refractivity contribution is -0.141. The summed E-state index contributed by atoms with van der Waals surface area (Å²) in [7, 11) is 0. The number of nitrogens with one attached hydrogen (secondary N) is 1. The van der Waals surface area contributed by atoms with Crippen molar-refractivity contribution in [3.8, 4) is 5.75 Å². The highest BCUT2D eigenvalue weighted by molar-refractivity contribution is 5.99. The molecule has 1 rings (SSSR count). The summed E-state index contributed by atoms with van der Waals surface area (Å²) in [5.74, 6) is -1.42. The molecule has 1 aromatic rings. The number of para-hydroxylation sites is 1. The van der Waals surface area contributed by atoms with E-state index in [1.165, 1.54) is 18.2 Å². The van der Waals surface area contributed by atoms with Crippen LogP contribution < -0.4 is 11.1 Å². The number of benzene rings is 1. The number of esters is 1. The summed E-state index contributed by atoms with van der Waals surface area (Å²) in [6.45, 7) is 1.67. The van der Waals surface area contributed by atoms with E-state index in [0.29, 0.717) is 0 Å². The van der Waals surface area contributed by atoms with Gasteiger partial charge in [0.05, 0.1) is 17.9 Å². The molecule has 6 heteroatoms. The van der Waals surface area contributed by atoms with Crippen molar-refractivity contribution in [3.63, 3.8) is 0 Å². The third-order valence-electron chi connectivity index (χ3n) is 2.01. The Kier molecular flexibility index (Phi) is 4.33. The van der Waals surface area contributed by atoms with E-state index in [1.807, 2.05) is 0 Å². The van der Waals surface area contributed by atoms with Gasteiger partial charge in [0.25, 0.3) is 5.91 Å². The zero-order valence-electron chi connectivity index (χ0n) is 9.40. The van der Waals surface area contributed by atoms with Crippen LogP contribution in [0.25, 0.3) is 0 Å². The molecule has 4 N–H and O–H groups in total. The largest absolute Gasteiger partial charge is 0.505 e. The highest BCUT2D eigenvalue weighted by Gasteiger charge is 2.13. The summed E-state index contributed by atoms with van der Waals surface area (Å²) in [5.41, 5.74) is 5.57. The molecule has 0 spiro atoms. The average molecular weight is 238 g/mol. The Morgan fingerprint density at radius 2 is 2.18 bits per heavy atom. The van der Waals surface area contributed by atoms with Gasteiger partial charge in [-0.25, -0.2) is 0 Å². The van der Waals surface area contributed by atoms with Gasteiger partial charge in [0, 0.05) is 0 Å². The van der Waals surface area contributed by atoms with Crippen LogP contribution in [0.4, 0.5) is 5.69 Å². The number of amides is 1. The van der Waals surface area contributed by atoms with Crippen molar-refractivity contribution in [1.29, 1.82) is 0 Å². The molecular formula is C11H14N2O4. The monoisotopic (exact) mass is 238 g/mol. The molecule has 0 fully saturated rings. The average Bonchev–Trinajstić information content (AvgIpc) is 2.30. The molecule has 0 aliphatic heterocycles. The number of nitrogen functional groups attached to an aromatic ring is 1. The van der Waals surface area contributed by atoms with Crippen molar-refractivity contribution in [2.45, 2.75) is 6.92 Å². The number of carbonyl (C=O) groups excluding carboxylic acids is 2. The van der Waals surface area contributed by atoms with Gasteiger partial charge in [0.15, 0.2) is 5.75 Å². The predicted molar refractivity (Wildman–Crippen MR) is 61.5 cm³/mol. The van der Waals surface area contributed by atoms with E-state index in [-0.39, 0.29) is 30.2 Å². The van der Waals surface area contributed by atoms with Gasteiger partial charge in [-0.15, -0.1) is 0 Å². The number of phenols is 1. The summed E-state index contributed by atoms with van der Waals surface area (Å²) in [5, 5.41) is 11.9. The van der Waals surface area contributed by atoms with E-state index < -0.39 is 11.9 Å². The van der Waals surface area contributed by atoms with Crippen molar-refractivity contribution < 1.29 is 19.4 Å². The zero-order valence-corrected chi connectivity index (χ0v) is 9.40. The number of rotatable bonds is 4. The quantitative estimate of drug-likeness (QED) is 0.397. The normalized spacial score (nSPS) is 9.71. The molecule has 0 radical (unpaired) electrons. The first-order chi connectivity index (χ1) is 8.06. The lowest BCUT2D eigenvalue weighted by Gasteiger charge is -2.07. The minimum absolute atomic E-state index is 0.0225. The molecule has 6 nitrogen and oxygen atoms in total. The standard InChI is InChI=1S/C11H14N2O4/c1-2-17-9(14)6-13-11(16)7-4-3-5-8(12)10(7)15/h3-5,15H,2,6,12H2,1H3,(H,13,16). The molecule has 0 unspecified atom stereocenters. The predicted octanol–water partition coefficient (Wildman–Crippen LogP) is 0.267. The Labute approximate surface area is 98.4 Å². The van der Waals surface area contributed by atoms with Crippen molar-refractivity contribution >= 4 is 17.6 Å². The van der Waals surface area contributed by atoms with Crippen LogP contribution in [0.2, 0.25) is 0 Å². The smallest absolute Gasteiger partial charge is 0.325 e. The summed E-state index contributed by atoms with van der Waals surface area (Å²) < 4.78 is 4.64. The molecule has 0 saturated heterocycles. The molecule has 17 heavy (non-hydrogen) atoms. The second-order valence-corrected chi connectivity index (χ2v) is 3.23. The molecule has 0 atom stereocenters. The molecule has 0 aromatic heterocycles. The Balaban J connectivity index is 2.64. The lowest BCUT2D eigenvalue weighted by Crippen LogP contribution is -2.30. The van der Waals surface area contributed by atoms with Crippen LogP contribution in [0.5, 0.6) is 5.75 Å². The third-order valence-corrected chi connectivity index (χ3v) is 2.01. The fraction of sp³-hybridized carbons (Fsp3) is 0.273. The van der Waals surface area contributed by atoms with Gasteiger partial charge in [-0.3, -0.25) is 9.59 Å². The van der Waals surface area contributed by atoms with Crippen molar-refractivity contribution in [2.75, 3.05) is 18.9 Å². The minimum Gasteiger partial charge on any atom is -0.505 e. The number of aromatic hydroxyl groups is 1. The van der Waals surface area contributed by atoms with E-state index >= 15 is 0 Å². The van der Waals surface area contributed by atoms with Crippen LogP contribution in [-0.4, -0.2) is 30.1 Å². The zero-order chi connectivity index (χ0) is 12.8. The first kappa shape index (κ1) is 12.8. The molecule has 0 aliphatic rings. The number of hydrogen-bond acceptors (Lipinski definition) is 5. The van der Waals surface area contributed by atoms with Crippen LogP contribution in [-0.2, 0) is 9.53 Å². The highest BCUT2D eigenvalue weighted by Crippen LogP contribution is 2.23. The fourth-order valence-electron chi connectivity index (χ4n) is 1.20. The Morgan fingerprint density at radius 3 is 2.82 bits per heavy atom.